The van der Waals surface area contributed by atoms with Crippen molar-refractivity contribution in [2.45, 2.75) is 31.5 Å². The summed E-state index contributed by atoms with van der Waals surface area (Å²) in [7, 11) is 0. The van der Waals surface area contributed by atoms with Gasteiger partial charge in [-0.1, -0.05) is 48.5 Å². The first kappa shape index (κ1) is 18.2. The maximum absolute atomic E-state index is 12.8. The van der Waals surface area contributed by atoms with E-state index in [1.807, 2.05) is 36.4 Å². The molecule has 0 unspecified atom stereocenters. The Morgan fingerprint density at radius 3 is 2.46 bits per heavy atom. The van der Waals surface area contributed by atoms with E-state index in [-0.39, 0.29) is 23.8 Å². The van der Waals surface area contributed by atoms with Crippen molar-refractivity contribution in [1.29, 1.82) is 5.41 Å². The minimum absolute atomic E-state index is 0.0231. The quantitative estimate of drug-likeness (QED) is 0.620. The number of nitrogens with zero attached hydrogens (tertiary/aromatic N) is 2. The SMILES string of the molecule is N=C(NC(=O)c1ccccc1)[C@@H]1CC[C@@H]2CN1C(=O)N2OCc1ccccc1. The van der Waals surface area contributed by atoms with Crippen LogP contribution in [0.4, 0.5) is 4.79 Å². The molecular formula is C21H22N4O3. The van der Waals surface area contributed by atoms with Crippen LogP contribution in [-0.4, -0.2) is 46.4 Å². The summed E-state index contributed by atoms with van der Waals surface area (Å²) in [5.74, 6) is -0.290. The van der Waals surface area contributed by atoms with Crippen LogP contribution in [0.2, 0.25) is 0 Å². The number of hydrogen-bond donors (Lipinski definition) is 2. The lowest BCUT2D eigenvalue weighted by molar-refractivity contribution is -0.140. The van der Waals surface area contributed by atoms with E-state index in [1.165, 1.54) is 5.06 Å². The van der Waals surface area contributed by atoms with Gasteiger partial charge in [0.05, 0.1) is 12.1 Å². The molecule has 0 aliphatic carbocycles. The van der Waals surface area contributed by atoms with E-state index in [1.54, 1.807) is 29.2 Å². The summed E-state index contributed by atoms with van der Waals surface area (Å²) in [6, 6.07) is 17.7. The summed E-state index contributed by atoms with van der Waals surface area (Å²) < 4.78 is 0. The van der Waals surface area contributed by atoms with E-state index in [0.717, 1.165) is 12.0 Å². The fourth-order valence-electron chi connectivity index (χ4n) is 3.68. The third kappa shape index (κ3) is 3.61. The van der Waals surface area contributed by atoms with Crippen LogP contribution in [0, 0.1) is 5.41 Å². The van der Waals surface area contributed by atoms with Gasteiger partial charge in [-0.15, -0.1) is 0 Å². The van der Waals surface area contributed by atoms with Gasteiger partial charge in [0, 0.05) is 12.1 Å². The number of piperidine rings is 1. The van der Waals surface area contributed by atoms with E-state index in [0.29, 0.717) is 25.1 Å². The second kappa shape index (κ2) is 7.82. The second-order valence-electron chi connectivity index (χ2n) is 7.00. The Morgan fingerprint density at radius 2 is 1.75 bits per heavy atom. The topological polar surface area (TPSA) is 85.7 Å². The maximum Gasteiger partial charge on any atom is 0.344 e. The maximum atomic E-state index is 12.8. The first-order valence-corrected chi connectivity index (χ1v) is 9.35. The van der Waals surface area contributed by atoms with E-state index < -0.39 is 6.04 Å². The highest BCUT2D eigenvalue weighted by molar-refractivity contribution is 6.07. The van der Waals surface area contributed by atoms with Gasteiger partial charge in [0.2, 0.25) is 0 Å². The monoisotopic (exact) mass is 378 g/mol. The molecular weight excluding hydrogens is 356 g/mol. The number of benzene rings is 2. The third-order valence-corrected chi connectivity index (χ3v) is 5.15. The lowest BCUT2D eigenvalue weighted by Crippen LogP contribution is -2.50. The van der Waals surface area contributed by atoms with Gasteiger partial charge in [0.15, 0.2) is 0 Å². The number of hydrogen-bond acceptors (Lipinski definition) is 4. The lowest BCUT2D eigenvalue weighted by atomic mass is 10.00. The first-order valence-electron chi connectivity index (χ1n) is 9.35. The smallest absolute Gasteiger partial charge is 0.311 e. The van der Waals surface area contributed by atoms with Gasteiger partial charge in [0.25, 0.3) is 5.91 Å². The largest absolute Gasteiger partial charge is 0.344 e. The number of amidine groups is 1. The number of fused-ring (bicyclic) bond motifs is 2. The molecule has 7 nitrogen and oxygen atoms in total. The molecule has 0 saturated carbocycles. The molecule has 144 valence electrons. The van der Waals surface area contributed by atoms with Gasteiger partial charge >= 0.3 is 6.03 Å². The molecule has 4 rings (SSSR count). The fourth-order valence-corrected chi connectivity index (χ4v) is 3.68. The van der Waals surface area contributed by atoms with E-state index in [4.69, 9.17) is 10.2 Å². The molecule has 7 heteroatoms. The Balaban J connectivity index is 1.38. The van der Waals surface area contributed by atoms with Crippen LogP contribution in [0.1, 0.15) is 28.8 Å². The van der Waals surface area contributed by atoms with Crippen LogP contribution in [-0.2, 0) is 11.4 Å². The predicted octanol–water partition coefficient (Wildman–Crippen LogP) is 2.79. The van der Waals surface area contributed by atoms with Crippen LogP contribution in [0.5, 0.6) is 0 Å². The molecule has 2 N–H and O–H groups in total. The summed E-state index contributed by atoms with van der Waals surface area (Å²) in [4.78, 5) is 32.5. The van der Waals surface area contributed by atoms with Crippen LogP contribution in [0.3, 0.4) is 0 Å². The molecule has 2 bridgehead atoms. The molecule has 0 aromatic heterocycles. The summed E-state index contributed by atoms with van der Waals surface area (Å²) in [6.07, 6.45) is 1.35. The summed E-state index contributed by atoms with van der Waals surface area (Å²) in [5.41, 5.74) is 1.48. The van der Waals surface area contributed by atoms with E-state index >= 15 is 0 Å². The highest BCUT2D eigenvalue weighted by atomic mass is 16.7. The Morgan fingerprint density at radius 1 is 1.07 bits per heavy atom. The van der Waals surface area contributed by atoms with Gasteiger partial charge < -0.3 is 10.2 Å². The Labute approximate surface area is 163 Å². The first-order chi connectivity index (χ1) is 13.6. The molecule has 2 fully saturated rings. The third-order valence-electron chi connectivity index (χ3n) is 5.15. The van der Waals surface area contributed by atoms with Crippen molar-refractivity contribution >= 4 is 17.8 Å². The molecule has 0 radical (unpaired) electrons. The zero-order chi connectivity index (χ0) is 19.5. The molecule has 2 heterocycles. The molecule has 3 amide bonds. The Hall–Kier alpha value is -3.19. The molecule has 28 heavy (non-hydrogen) atoms. The zero-order valence-corrected chi connectivity index (χ0v) is 15.4. The van der Waals surface area contributed by atoms with Gasteiger partial charge in [-0.3, -0.25) is 15.0 Å². The lowest BCUT2D eigenvalue weighted by Gasteiger charge is -2.30. The average molecular weight is 378 g/mol. The van der Waals surface area contributed by atoms with E-state index in [2.05, 4.69) is 5.32 Å². The number of hydroxylamine groups is 2. The standard InChI is InChI=1S/C21H22N4O3/c22-19(23-20(26)16-9-5-2-6-10-16)18-12-11-17-13-24(18)21(27)25(17)28-14-15-7-3-1-4-8-15/h1-10,17-18H,11-14H2,(H2,22,23,26)/t17-,18+/m1/s1. The number of rotatable bonds is 5. The van der Waals surface area contributed by atoms with Crippen LogP contribution >= 0.6 is 0 Å². The number of carbonyl (C=O) groups excluding carboxylic acids is 2. The van der Waals surface area contributed by atoms with Crippen molar-refractivity contribution in [3.63, 3.8) is 0 Å². The number of carbonyl (C=O) groups is 2. The van der Waals surface area contributed by atoms with Crippen molar-refractivity contribution < 1.29 is 14.4 Å². The Kier molecular flexibility index (Phi) is 5.08. The minimum atomic E-state index is -0.443. The van der Waals surface area contributed by atoms with Crippen molar-refractivity contribution in [2.75, 3.05) is 6.54 Å². The highest BCUT2D eigenvalue weighted by Crippen LogP contribution is 2.30. The number of urea groups is 1. The average Bonchev–Trinajstić information content (AvgIpc) is 2.97. The fraction of sp³-hybridized carbons (Fsp3) is 0.286. The summed E-state index contributed by atoms with van der Waals surface area (Å²) in [5, 5.41) is 12.4. The number of amides is 3. The van der Waals surface area contributed by atoms with Crippen molar-refractivity contribution in [2.24, 2.45) is 0 Å². The normalized spacial score (nSPS) is 20.9. The summed E-state index contributed by atoms with van der Waals surface area (Å²) >= 11 is 0. The van der Waals surface area contributed by atoms with Crippen molar-refractivity contribution in [3.8, 4) is 0 Å². The van der Waals surface area contributed by atoms with Crippen LogP contribution in [0.15, 0.2) is 60.7 Å². The van der Waals surface area contributed by atoms with Gasteiger partial charge in [0.1, 0.15) is 12.4 Å². The summed E-state index contributed by atoms with van der Waals surface area (Å²) in [6.45, 7) is 0.825. The molecule has 2 aromatic carbocycles. The number of nitrogens with one attached hydrogen (secondary N) is 2. The molecule has 2 aliphatic rings. The van der Waals surface area contributed by atoms with Crippen LogP contribution in [0.25, 0.3) is 0 Å². The van der Waals surface area contributed by atoms with Crippen molar-refractivity contribution in [1.82, 2.24) is 15.3 Å². The van der Waals surface area contributed by atoms with Gasteiger partial charge in [-0.05, 0) is 30.5 Å². The van der Waals surface area contributed by atoms with Crippen molar-refractivity contribution in [3.05, 3.63) is 71.8 Å². The molecule has 0 spiro atoms. The van der Waals surface area contributed by atoms with Crippen LogP contribution < -0.4 is 5.32 Å². The Bertz CT molecular complexity index is 872. The zero-order valence-electron chi connectivity index (χ0n) is 15.4. The van der Waals surface area contributed by atoms with Gasteiger partial charge in [-0.25, -0.2) is 4.79 Å². The highest BCUT2D eigenvalue weighted by Gasteiger charge is 2.47. The van der Waals surface area contributed by atoms with E-state index in [9.17, 15) is 9.59 Å². The molecule has 2 aromatic rings. The molecule has 2 saturated heterocycles. The van der Waals surface area contributed by atoms with Gasteiger partial charge in [-0.2, -0.15) is 5.06 Å². The predicted molar refractivity (Wildman–Crippen MR) is 104 cm³/mol. The molecule has 2 atom stereocenters. The minimum Gasteiger partial charge on any atom is -0.311 e. The molecule has 2 aliphatic heterocycles. The second-order valence-corrected chi connectivity index (χ2v) is 7.00.